The van der Waals surface area contributed by atoms with E-state index in [4.69, 9.17) is 0 Å². The molecule has 23 heavy (non-hydrogen) atoms. The number of hydrogen-bond donors (Lipinski definition) is 0. The third-order valence-electron chi connectivity index (χ3n) is 3.45. The molecule has 9 heteroatoms. The first-order valence-corrected chi connectivity index (χ1v) is 7.66. The van der Waals surface area contributed by atoms with Gasteiger partial charge < -0.3 is 10.1 Å². The van der Waals surface area contributed by atoms with E-state index in [2.05, 4.69) is 31.2 Å². The molecular formula is C14H13BrN6O2. The van der Waals surface area contributed by atoms with Crippen LogP contribution >= 0.6 is 15.9 Å². The van der Waals surface area contributed by atoms with Crippen LogP contribution in [-0.2, 0) is 13.1 Å². The van der Waals surface area contributed by atoms with Gasteiger partial charge in [-0.1, -0.05) is 33.3 Å². The third-order valence-corrected chi connectivity index (χ3v) is 3.98. The van der Waals surface area contributed by atoms with E-state index in [9.17, 15) is 10.1 Å². The van der Waals surface area contributed by atoms with Crippen LogP contribution in [0.1, 0.15) is 5.82 Å². The molecule has 0 aliphatic carbocycles. The van der Waals surface area contributed by atoms with Gasteiger partial charge in [0.1, 0.15) is 18.4 Å². The van der Waals surface area contributed by atoms with Gasteiger partial charge in [0.2, 0.25) is 0 Å². The topological polar surface area (TPSA) is 91.7 Å². The maximum absolute atomic E-state index is 11.0. The average molecular weight is 377 g/mol. The van der Waals surface area contributed by atoms with E-state index in [1.807, 2.05) is 30.5 Å². The summed E-state index contributed by atoms with van der Waals surface area (Å²) in [6.07, 6.45) is 3.09. The van der Waals surface area contributed by atoms with Gasteiger partial charge >= 0.3 is 5.82 Å². The Morgan fingerprint density at radius 2 is 2.00 bits per heavy atom. The number of rotatable bonds is 5. The summed E-state index contributed by atoms with van der Waals surface area (Å²) in [5, 5.41) is 19.2. The first-order chi connectivity index (χ1) is 11.0. The van der Waals surface area contributed by atoms with Gasteiger partial charge in [0, 0.05) is 17.0 Å². The van der Waals surface area contributed by atoms with Gasteiger partial charge in [-0.2, -0.15) is 0 Å². The molecule has 0 amide bonds. The number of nitrogens with zero attached hydrogens (tertiary/aromatic N) is 6. The van der Waals surface area contributed by atoms with E-state index < -0.39 is 4.92 Å². The van der Waals surface area contributed by atoms with E-state index in [0.717, 1.165) is 15.7 Å². The number of hydrogen-bond acceptors (Lipinski definition) is 5. The second kappa shape index (κ2) is 6.29. The zero-order valence-corrected chi connectivity index (χ0v) is 13.8. The molecule has 2 aromatic heterocycles. The summed E-state index contributed by atoms with van der Waals surface area (Å²) in [7, 11) is 0. The Morgan fingerprint density at radius 3 is 2.70 bits per heavy atom. The smallest absolute Gasteiger partial charge is 0.342 e. The van der Waals surface area contributed by atoms with Crippen molar-refractivity contribution in [3.05, 3.63) is 57.1 Å². The fourth-order valence-electron chi connectivity index (χ4n) is 2.24. The molecule has 0 fully saturated rings. The Kier molecular flexibility index (Phi) is 4.20. The molecule has 0 aliphatic rings. The lowest BCUT2D eigenvalue weighted by molar-refractivity contribution is -0.392. The van der Waals surface area contributed by atoms with Crippen molar-refractivity contribution in [3.63, 3.8) is 0 Å². The normalized spacial score (nSPS) is 10.9. The molecule has 0 bridgehead atoms. The van der Waals surface area contributed by atoms with E-state index in [1.54, 1.807) is 16.2 Å². The van der Waals surface area contributed by atoms with Crippen molar-refractivity contribution in [3.8, 4) is 11.3 Å². The van der Waals surface area contributed by atoms with Gasteiger partial charge in [0.15, 0.2) is 5.82 Å². The molecule has 0 saturated carbocycles. The lowest BCUT2D eigenvalue weighted by atomic mass is 10.2. The van der Waals surface area contributed by atoms with Crippen molar-refractivity contribution in [1.82, 2.24) is 24.5 Å². The van der Waals surface area contributed by atoms with Crippen LogP contribution in [0.3, 0.4) is 0 Å². The zero-order valence-electron chi connectivity index (χ0n) is 12.3. The predicted molar refractivity (Wildman–Crippen MR) is 86.8 cm³/mol. The van der Waals surface area contributed by atoms with Crippen LogP contribution in [0.2, 0.25) is 0 Å². The molecule has 2 heterocycles. The lowest BCUT2D eigenvalue weighted by Crippen LogP contribution is -2.11. The van der Waals surface area contributed by atoms with E-state index in [0.29, 0.717) is 18.9 Å². The quantitative estimate of drug-likeness (QED) is 0.504. The summed E-state index contributed by atoms with van der Waals surface area (Å²) < 4.78 is 4.22. The summed E-state index contributed by atoms with van der Waals surface area (Å²) in [6, 6.07) is 7.77. The van der Waals surface area contributed by atoms with E-state index in [-0.39, 0.29) is 5.82 Å². The van der Waals surface area contributed by atoms with Crippen LogP contribution < -0.4 is 0 Å². The standard InChI is InChI=1S/C14H13BrN6O2/c1-10-16-8-14(21(22)23)20(10)7-6-19-9-13(17-18-19)11-2-4-12(15)5-3-11/h2-5,8-9H,6-7H2,1H3. The summed E-state index contributed by atoms with van der Waals surface area (Å²) >= 11 is 3.39. The minimum atomic E-state index is -0.436. The molecule has 0 saturated heterocycles. The maximum atomic E-state index is 11.0. The Bertz CT molecular complexity index is 839. The second-order valence-corrected chi connectivity index (χ2v) is 5.86. The van der Waals surface area contributed by atoms with Crippen LogP contribution in [0.15, 0.2) is 41.1 Å². The van der Waals surface area contributed by atoms with Gasteiger partial charge in [0.25, 0.3) is 0 Å². The molecule has 8 nitrogen and oxygen atoms in total. The molecule has 118 valence electrons. The first-order valence-electron chi connectivity index (χ1n) is 6.87. The molecule has 0 atom stereocenters. The highest BCUT2D eigenvalue weighted by molar-refractivity contribution is 9.10. The van der Waals surface area contributed by atoms with Crippen molar-refractivity contribution >= 4 is 21.7 Å². The Hall–Kier alpha value is -2.55. The van der Waals surface area contributed by atoms with Crippen molar-refractivity contribution in [1.29, 1.82) is 0 Å². The minimum Gasteiger partial charge on any atom is -0.358 e. The molecule has 0 radical (unpaired) electrons. The summed E-state index contributed by atoms with van der Waals surface area (Å²) in [5.74, 6) is 0.584. The number of halogens is 1. The van der Waals surface area contributed by atoms with Crippen molar-refractivity contribution in [2.45, 2.75) is 20.0 Å². The van der Waals surface area contributed by atoms with E-state index >= 15 is 0 Å². The fourth-order valence-corrected chi connectivity index (χ4v) is 2.51. The van der Waals surface area contributed by atoms with Gasteiger partial charge in [-0.05, 0) is 17.1 Å². The minimum absolute atomic E-state index is 0.0178. The summed E-state index contributed by atoms with van der Waals surface area (Å²) in [4.78, 5) is 14.5. The average Bonchev–Trinajstić information content (AvgIpc) is 3.13. The van der Waals surface area contributed by atoms with Crippen molar-refractivity contribution < 1.29 is 4.92 Å². The molecule has 0 aliphatic heterocycles. The Balaban J connectivity index is 1.74. The number of aromatic nitrogens is 5. The number of aryl methyl sites for hydroxylation is 2. The van der Waals surface area contributed by atoms with Gasteiger partial charge in [0.05, 0.1) is 12.7 Å². The first kappa shape index (κ1) is 15.3. The second-order valence-electron chi connectivity index (χ2n) is 4.95. The SMILES string of the molecule is Cc1ncc([N+](=O)[O-])n1CCn1cc(-c2ccc(Br)cc2)nn1. The highest BCUT2D eigenvalue weighted by Gasteiger charge is 2.17. The lowest BCUT2D eigenvalue weighted by Gasteiger charge is -2.02. The largest absolute Gasteiger partial charge is 0.358 e. The summed E-state index contributed by atoms with van der Waals surface area (Å²) in [5.41, 5.74) is 1.72. The fraction of sp³-hybridized carbons (Fsp3) is 0.214. The molecule has 1 aromatic carbocycles. The molecule has 3 aromatic rings. The number of nitro groups is 1. The third kappa shape index (κ3) is 3.29. The molecule has 0 unspecified atom stereocenters. The Labute approximate surface area is 140 Å². The molecule has 0 spiro atoms. The zero-order chi connectivity index (χ0) is 16.4. The molecule has 3 rings (SSSR count). The van der Waals surface area contributed by atoms with Crippen LogP contribution in [0.5, 0.6) is 0 Å². The Morgan fingerprint density at radius 1 is 1.26 bits per heavy atom. The van der Waals surface area contributed by atoms with Crippen LogP contribution in [-0.4, -0.2) is 29.5 Å². The van der Waals surface area contributed by atoms with Gasteiger partial charge in [-0.3, -0.25) is 0 Å². The van der Waals surface area contributed by atoms with Crippen LogP contribution in [0, 0.1) is 17.0 Å². The van der Waals surface area contributed by atoms with Gasteiger partial charge in [-0.15, -0.1) is 5.10 Å². The van der Waals surface area contributed by atoms with Crippen LogP contribution in [0.25, 0.3) is 11.3 Å². The molecular weight excluding hydrogens is 364 g/mol. The molecule has 0 N–H and O–H groups in total. The number of imidazole rings is 1. The van der Waals surface area contributed by atoms with E-state index in [1.165, 1.54) is 6.20 Å². The monoisotopic (exact) mass is 376 g/mol. The summed E-state index contributed by atoms with van der Waals surface area (Å²) in [6.45, 7) is 2.62. The highest BCUT2D eigenvalue weighted by Crippen LogP contribution is 2.19. The van der Waals surface area contributed by atoms with Crippen molar-refractivity contribution in [2.75, 3.05) is 0 Å². The van der Waals surface area contributed by atoms with Gasteiger partial charge in [-0.25, -0.2) is 14.2 Å². The van der Waals surface area contributed by atoms with Crippen molar-refractivity contribution in [2.24, 2.45) is 0 Å². The highest BCUT2D eigenvalue weighted by atomic mass is 79.9. The number of benzene rings is 1. The maximum Gasteiger partial charge on any atom is 0.342 e. The van der Waals surface area contributed by atoms with Crippen LogP contribution in [0.4, 0.5) is 5.82 Å². The predicted octanol–water partition coefficient (Wildman–Crippen LogP) is 2.82.